The third-order valence-corrected chi connectivity index (χ3v) is 5.38. The van der Waals surface area contributed by atoms with Crippen LogP contribution < -0.4 is 14.9 Å². The molecule has 7 heteroatoms. The summed E-state index contributed by atoms with van der Waals surface area (Å²) in [5.41, 5.74) is 4.18. The highest BCUT2D eigenvalue weighted by Gasteiger charge is 2.23. The SMILES string of the molecule is COC(=O)C(Cc1ccc(Oc2ccc(/C=C3/C(=O)Nc4ccccc43)cc2)cc1)NCl. The number of rotatable bonds is 7. The summed E-state index contributed by atoms with van der Waals surface area (Å²) in [4.78, 5) is 26.4. The van der Waals surface area contributed by atoms with E-state index in [0.717, 1.165) is 22.4 Å². The van der Waals surface area contributed by atoms with Gasteiger partial charge in [-0.1, -0.05) is 42.5 Å². The molecule has 32 heavy (non-hydrogen) atoms. The Bertz CT molecular complexity index is 1160. The van der Waals surface area contributed by atoms with Gasteiger partial charge in [-0.25, -0.2) is 4.84 Å². The second kappa shape index (κ2) is 9.68. The molecule has 0 saturated carbocycles. The van der Waals surface area contributed by atoms with Crippen LogP contribution in [-0.2, 0) is 20.7 Å². The molecular formula is C25H21ClN2O4. The van der Waals surface area contributed by atoms with Crippen LogP contribution in [0.2, 0.25) is 0 Å². The van der Waals surface area contributed by atoms with Crippen LogP contribution in [0.5, 0.6) is 11.5 Å². The van der Waals surface area contributed by atoms with E-state index in [0.29, 0.717) is 23.5 Å². The molecule has 3 aromatic carbocycles. The standard InChI is InChI=1S/C25H21ClN2O4/c1-31-25(30)23(28-26)15-17-8-12-19(13-9-17)32-18-10-6-16(7-11-18)14-21-20-4-2-3-5-22(20)27-24(21)29/h2-14,23,28H,15H2,1H3,(H,27,29)/b21-14+. The van der Waals surface area contributed by atoms with Gasteiger partial charge < -0.3 is 14.8 Å². The van der Waals surface area contributed by atoms with Crippen LogP contribution in [0.15, 0.2) is 72.8 Å². The maximum atomic E-state index is 12.3. The molecule has 0 bridgehead atoms. The average Bonchev–Trinajstić information content (AvgIpc) is 3.14. The van der Waals surface area contributed by atoms with Crippen molar-refractivity contribution in [2.45, 2.75) is 12.5 Å². The van der Waals surface area contributed by atoms with Crippen LogP contribution >= 0.6 is 11.8 Å². The maximum absolute atomic E-state index is 12.3. The molecule has 6 nitrogen and oxygen atoms in total. The molecule has 3 aromatic rings. The van der Waals surface area contributed by atoms with Crippen LogP contribution in [0.3, 0.4) is 0 Å². The highest BCUT2D eigenvalue weighted by Crippen LogP contribution is 2.33. The van der Waals surface area contributed by atoms with Crippen LogP contribution in [0, 0.1) is 0 Å². The number of ether oxygens (including phenoxy) is 2. The van der Waals surface area contributed by atoms with Gasteiger partial charge in [0.05, 0.1) is 7.11 Å². The molecule has 2 N–H and O–H groups in total. The minimum Gasteiger partial charge on any atom is -0.468 e. The number of nitrogens with one attached hydrogen (secondary N) is 2. The molecule has 0 aliphatic carbocycles. The Balaban J connectivity index is 1.42. The Labute approximate surface area is 190 Å². The number of amides is 1. The van der Waals surface area contributed by atoms with Crippen molar-refractivity contribution in [1.29, 1.82) is 0 Å². The van der Waals surface area contributed by atoms with Crippen LogP contribution in [0.1, 0.15) is 16.7 Å². The van der Waals surface area contributed by atoms with Crippen molar-refractivity contribution >= 4 is 41.0 Å². The third-order valence-electron chi connectivity index (χ3n) is 5.12. The van der Waals surface area contributed by atoms with Gasteiger partial charge in [-0.3, -0.25) is 9.59 Å². The lowest BCUT2D eigenvalue weighted by Gasteiger charge is -2.12. The van der Waals surface area contributed by atoms with E-state index in [-0.39, 0.29) is 5.91 Å². The number of hydrogen-bond donors (Lipinski definition) is 2. The smallest absolute Gasteiger partial charge is 0.324 e. The molecule has 1 amide bonds. The van der Waals surface area contributed by atoms with Gasteiger partial charge in [0.15, 0.2) is 0 Å². The van der Waals surface area contributed by atoms with Crippen molar-refractivity contribution in [3.63, 3.8) is 0 Å². The van der Waals surface area contributed by atoms with Crippen LogP contribution in [0.25, 0.3) is 11.6 Å². The molecule has 1 heterocycles. The van der Waals surface area contributed by atoms with Crippen molar-refractivity contribution in [3.05, 3.63) is 89.5 Å². The molecule has 1 aliphatic rings. The minimum atomic E-state index is -0.621. The van der Waals surface area contributed by atoms with Crippen LogP contribution in [0.4, 0.5) is 5.69 Å². The number of fused-ring (bicyclic) bond motifs is 1. The van der Waals surface area contributed by atoms with E-state index in [1.165, 1.54) is 7.11 Å². The van der Waals surface area contributed by atoms with E-state index in [2.05, 4.69) is 10.2 Å². The minimum absolute atomic E-state index is 0.106. The van der Waals surface area contributed by atoms with Crippen molar-refractivity contribution < 1.29 is 19.1 Å². The number of carbonyl (C=O) groups is 2. The van der Waals surface area contributed by atoms with Crippen molar-refractivity contribution in [1.82, 2.24) is 4.84 Å². The predicted molar refractivity (Wildman–Crippen MR) is 124 cm³/mol. The first-order valence-electron chi connectivity index (χ1n) is 10.0. The number of hydrogen-bond acceptors (Lipinski definition) is 5. The summed E-state index contributed by atoms with van der Waals surface area (Å²) in [5, 5.41) is 2.87. The first-order valence-corrected chi connectivity index (χ1v) is 10.4. The number of para-hydroxylation sites is 1. The molecule has 162 valence electrons. The Morgan fingerprint density at radius 2 is 1.69 bits per heavy atom. The summed E-state index contributed by atoms with van der Waals surface area (Å²) in [6.45, 7) is 0. The lowest BCUT2D eigenvalue weighted by molar-refractivity contribution is -0.142. The van der Waals surface area contributed by atoms with Gasteiger partial charge in [-0.05, 0) is 65.7 Å². The van der Waals surface area contributed by atoms with E-state index in [1.54, 1.807) is 0 Å². The quantitative estimate of drug-likeness (QED) is 0.308. The Morgan fingerprint density at radius 1 is 1.03 bits per heavy atom. The number of halogens is 1. The molecule has 0 fully saturated rings. The molecule has 0 saturated heterocycles. The van der Waals surface area contributed by atoms with Crippen LogP contribution in [-0.4, -0.2) is 25.0 Å². The topological polar surface area (TPSA) is 76.7 Å². The monoisotopic (exact) mass is 448 g/mol. The Morgan fingerprint density at radius 3 is 2.34 bits per heavy atom. The predicted octanol–water partition coefficient (Wildman–Crippen LogP) is 4.80. The summed E-state index contributed by atoms with van der Waals surface area (Å²) in [6.07, 6.45) is 2.26. The third kappa shape index (κ3) is 4.82. The molecule has 0 spiro atoms. The largest absolute Gasteiger partial charge is 0.468 e. The number of methoxy groups -OCH3 is 1. The normalized spacial score (nSPS) is 14.6. The second-order valence-electron chi connectivity index (χ2n) is 7.26. The lowest BCUT2D eigenvalue weighted by atomic mass is 10.0. The molecule has 1 unspecified atom stereocenters. The van der Waals surface area contributed by atoms with Gasteiger partial charge >= 0.3 is 5.97 Å². The summed E-state index contributed by atoms with van der Waals surface area (Å²) >= 11 is 5.63. The highest BCUT2D eigenvalue weighted by molar-refractivity contribution is 6.34. The maximum Gasteiger partial charge on any atom is 0.324 e. The van der Waals surface area contributed by atoms with Gasteiger partial charge in [0.2, 0.25) is 0 Å². The Kier molecular flexibility index (Phi) is 6.54. The van der Waals surface area contributed by atoms with E-state index in [4.69, 9.17) is 21.3 Å². The molecular weight excluding hydrogens is 428 g/mol. The number of anilines is 1. The molecule has 1 aliphatic heterocycles. The van der Waals surface area contributed by atoms with Crippen molar-refractivity contribution in [2.24, 2.45) is 0 Å². The summed E-state index contributed by atoms with van der Waals surface area (Å²) < 4.78 is 10.6. The Hall–Kier alpha value is -3.61. The molecule has 0 aromatic heterocycles. The van der Waals surface area contributed by atoms with E-state index in [1.807, 2.05) is 78.9 Å². The van der Waals surface area contributed by atoms with Gasteiger partial charge in [-0.15, -0.1) is 0 Å². The number of benzene rings is 3. The lowest BCUT2D eigenvalue weighted by Crippen LogP contribution is -2.33. The van der Waals surface area contributed by atoms with E-state index in [9.17, 15) is 9.59 Å². The fraction of sp³-hybridized carbons (Fsp3) is 0.120. The first kappa shape index (κ1) is 21.6. The van der Waals surface area contributed by atoms with Gasteiger partial charge in [0.1, 0.15) is 17.5 Å². The number of carbonyl (C=O) groups excluding carboxylic acids is 2. The highest BCUT2D eigenvalue weighted by atomic mass is 35.5. The molecule has 0 radical (unpaired) electrons. The zero-order chi connectivity index (χ0) is 22.5. The first-order chi connectivity index (χ1) is 15.6. The summed E-state index contributed by atoms with van der Waals surface area (Å²) in [5.74, 6) is 0.808. The van der Waals surface area contributed by atoms with Gasteiger partial charge in [-0.2, -0.15) is 0 Å². The van der Waals surface area contributed by atoms with Gasteiger partial charge in [0.25, 0.3) is 5.91 Å². The summed E-state index contributed by atoms with van der Waals surface area (Å²) in [7, 11) is 1.32. The number of esters is 1. The van der Waals surface area contributed by atoms with E-state index >= 15 is 0 Å². The molecule has 4 rings (SSSR count). The summed E-state index contributed by atoms with van der Waals surface area (Å²) in [6, 6.07) is 21.9. The van der Waals surface area contributed by atoms with E-state index < -0.39 is 12.0 Å². The fourth-order valence-electron chi connectivity index (χ4n) is 3.46. The second-order valence-corrected chi connectivity index (χ2v) is 7.48. The zero-order valence-electron chi connectivity index (χ0n) is 17.3. The average molecular weight is 449 g/mol. The molecule has 1 atom stereocenters. The zero-order valence-corrected chi connectivity index (χ0v) is 18.1. The fourth-order valence-corrected chi connectivity index (χ4v) is 3.62. The van der Waals surface area contributed by atoms with Crippen molar-refractivity contribution in [2.75, 3.05) is 12.4 Å². The van der Waals surface area contributed by atoms with Crippen molar-refractivity contribution in [3.8, 4) is 11.5 Å². The van der Waals surface area contributed by atoms with Gasteiger partial charge in [0, 0.05) is 16.8 Å².